The molecule has 2 aromatic carbocycles. The van der Waals surface area contributed by atoms with Crippen molar-refractivity contribution in [2.75, 3.05) is 64.7 Å². The van der Waals surface area contributed by atoms with Gasteiger partial charge in [0, 0.05) is 56.9 Å². The number of ether oxygens (including phenoxy) is 3. The number of fused-ring (bicyclic) bond motifs is 1. The molecule has 256 valence electrons. The van der Waals surface area contributed by atoms with Gasteiger partial charge >= 0.3 is 6.09 Å². The van der Waals surface area contributed by atoms with Gasteiger partial charge in [-0.15, -0.1) is 5.10 Å². The second-order valence-corrected chi connectivity index (χ2v) is 13.2. The molecular weight excluding hydrogens is 638 g/mol. The molecule has 0 unspecified atom stereocenters. The molecule has 0 bridgehead atoms. The van der Waals surface area contributed by atoms with Gasteiger partial charge in [-0.2, -0.15) is 8.99 Å². The van der Waals surface area contributed by atoms with Crippen molar-refractivity contribution >= 4 is 33.5 Å². The van der Waals surface area contributed by atoms with Gasteiger partial charge in [-0.25, -0.2) is 22.0 Å². The average Bonchev–Trinajstić information content (AvgIpc) is 3.37. The number of methoxy groups -OCH3 is 1. The van der Waals surface area contributed by atoms with E-state index in [-0.39, 0.29) is 49.1 Å². The Hall–Kier alpha value is -4.12. The Bertz CT molecular complexity index is 1680. The van der Waals surface area contributed by atoms with Crippen LogP contribution in [0.25, 0.3) is 0 Å². The van der Waals surface area contributed by atoms with Crippen molar-refractivity contribution < 1.29 is 41.0 Å². The van der Waals surface area contributed by atoms with Crippen LogP contribution in [0.4, 0.5) is 25.1 Å². The number of benzene rings is 2. The Labute approximate surface area is 272 Å². The molecule has 3 aromatic rings. The van der Waals surface area contributed by atoms with E-state index in [0.29, 0.717) is 49.4 Å². The van der Waals surface area contributed by atoms with Crippen LogP contribution in [-0.2, 0) is 32.5 Å². The zero-order valence-corrected chi connectivity index (χ0v) is 27.8. The smallest absolute Gasteiger partial charge is 0.435 e. The quantitative estimate of drug-likeness (QED) is 0.257. The van der Waals surface area contributed by atoms with Crippen molar-refractivity contribution in [3.63, 3.8) is 0 Å². The second kappa shape index (κ2) is 15.6. The van der Waals surface area contributed by atoms with Crippen molar-refractivity contribution in [3.8, 4) is 5.75 Å². The average molecular weight is 679 g/mol. The van der Waals surface area contributed by atoms with Crippen LogP contribution in [0.15, 0.2) is 41.3 Å². The third kappa shape index (κ3) is 8.82. The molecule has 0 spiro atoms. The molecule has 1 amide bonds. The van der Waals surface area contributed by atoms with Crippen molar-refractivity contribution in [2.24, 2.45) is 0 Å². The number of halogens is 2. The van der Waals surface area contributed by atoms with Crippen LogP contribution in [0.3, 0.4) is 0 Å². The first-order valence-electron chi connectivity index (χ1n) is 15.1. The summed E-state index contributed by atoms with van der Waals surface area (Å²) < 4.78 is 73.2. The number of anilines is 2. The molecule has 2 heterocycles. The van der Waals surface area contributed by atoms with E-state index in [1.165, 1.54) is 0 Å². The van der Waals surface area contributed by atoms with Crippen LogP contribution in [0.1, 0.15) is 41.9 Å². The predicted molar refractivity (Wildman–Crippen MR) is 170 cm³/mol. The van der Waals surface area contributed by atoms with Crippen molar-refractivity contribution in [1.29, 1.82) is 0 Å². The van der Waals surface area contributed by atoms with Gasteiger partial charge in [-0.1, -0.05) is 6.92 Å². The Balaban J connectivity index is 1.69. The zero-order valence-electron chi connectivity index (χ0n) is 27.0. The highest BCUT2D eigenvalue weighted by atomic mass is 32.2. The fraction of sp³-hybridized carbons (Fsp3) is 0.452. The highest BCUT2D eigenvalue weighted by Crippen LogP contribution is 2.32. The van der Waals surface area contributed by atoms with Crippen LogP contribution >= 0.6 is 0 Å². The minimum atomic E-state index is -4.37. The Kier molecular flexibility index (Phi) is 11.9. The zero-order chi connectivity index (χ0) is 34.3. The summed E-state index contributed by atoms with van der Waals surface area (Å²) in [4.78, 5) is 28.1. The summed E-state index contributed by atoms with van der Waals surface area (Å²) in [5.41, 5.74) is 1.25. The first-order valence-corrected chi connectivity index (χ1v) is 16.5. The summed E-state index contributed by atoms with van der Waals surface area (Å²) in [6, 6.07) is 6.78. The van der Waals surface area contributed by atoms with Crippen LogP contribution in [0.5, 0.6) is 5.75 Å². The maximum atomic E-state index is 13.9. The van der Waals surface area contributed by atoms with Gasteiger partial charge in [0.25, 0.3) is 5.91 Å². The molecule has 1 aliphatic heterocycles. The van der Waals surface area contributed by atoms with Gasteiger partial charge < -0.3 is 29.7 Å². The fourth-order valence-corrected chi connectivity index (χ4v) is 6.39. The number of nitrogens with one attached hydrogen (secondary N) is 2. The molecule has 0 saturated carbocycles. The number of amides is 1. The van der Waals surface area contributed by atoms with E-state index >= 15 is 0 Å². The van der Waals surface area contributed by atoms with Gasteiger partial charge in [0.15, 0.2) is 5.82 Å². The number of aromatic nitrogens is 2. The van der Waals surface area contributed by atoms with Crippen LogP contribution in [0, 0.1) is 11.6 Å². The molecule has 0 aliphatic carbocycles. The standard InChI is InChI=1S/C31H40F2N6O7S/c1-6-12-46-31(41)39-28-9-10-38(47(42,43)24-15-21(32)14-22(33)16-24)18-26(28)29(36-39)35-30(40)25-8-7-23(45-13-11-37(3)4)17-27(25)34-20(2)19-44-5/h7-8,14-17,20,34H,6,9-13,18-19H2,1-5H3,(H,35,36,40)/t20-/m1/s1. The number of sulfonamides is 1. The number of hydrogen-bond acceptors (Lipinski definition) is 10. The normalized spacial score (nSPS) is 14.0. The molecule has 4 rings (SSSR count). The lowest BCUT2D eigenvalue weighted by Gasteiger charge is -2.27. The Morgan fingerprint density at radius 2 is 1.83 bits per heavy atom. The molecule has 0 fully saturated rings. The summed E-state index contributed by atoms with van der Waals surface area (Å²) in [6.07, 6.45) is -0.222. The molecule has 16 heteroatoms. The van der Waals surface area contributed by atoms with Gasteiger partial charge in [-0.3, -0.25) is 4.79 Å². The lowest BCUT2D eigenvalue weighted by atomic mass is 10.1. The first kappa shape index (κ1) is 35.7. The third-order valence-corrected chi connectivity index (χ3v) is 9.02. The van der Waals surface area contributed by atoms with E-state index in [4.69, 9.17) is 14.2 Å². The van der Waals surface area contributed by atoms with Crippen molar-refractivity contribution in [1.82, 2.24) is 19.0 Å². The number of carbonyl (C=O) groups is 2. The van der Waals surface area contributed by atoms with Crippen LogP contribution in [-0.4, -0.2) is 99.6 Å². The number of rotatable bonds is 14. The van der Waals surface area contributed by atoms with Crippen molar-refractivity contribution in [3.05, 3.63) is 64.9 Å². The molecule has 0 radical (unpaired) electrons. The molecule has 2 N–H and O–H groups in total. The summed E-state index contributed by atoms with van der Waals surface area (Å²) in [7, 11) is 1.05. The molecule has 47 heavy (non-hydrogen) atoms. The highest BCUT2D eigenvalue weighted by molar-refractivity contribution is 7.89. The minimum Gasteiger partial charge on any atom is -0.492 e. The van der Waals surface area contributed by atoms with Gasteiger partial charge in [-0.05, 0) is 51.7 Å². The Morgan fingerprint density at radius 1 is 1.11 bits per heavy atom. The van der Waals surface area contributed by atoms with Gasteiger partial charge in [0.2, 0.25) is 10.0 Å². The van der Waals surface area contributed by atoms with E-state index in [9.17, 15) is 26.8 Å². The molecule has 1 aromatic heterocycles. The van der Waals surface area contributed by atoms with Gasteiger partial charge in [0.05, 0.1) is 35.1 Å². The SMILES string of the molecule is CCCOC(=O)n1nc(NC(=O)c2ccc(OCCN(C)C)cc2N[C@H](C)COC)c2c1CCN(S(=O)(=O)c1cc(F)cc(F)c1)C2. The summed E-state index contributed by atoms with van der Waals surface area (Å²) >= 11 is 0. The number of likely N-dealkylation sites (N-methyl/N-ethyl adjacent to an activating group) is 1. The summed E-state index contributed by atoms with van der Waals surface area (Å²) in [5.74, 6) is -2.21. The largest absolute Gasteiger partial charge is 0.492 e. The maximum Gasteiger partial charge on any atom is 0.435 e. The fourth-order valence-electron chi connectivity index (χ4n) is 4.94. The lowest BCUT2D eigenvalue weighted by Crippen LogP contribution is -2.37. The molecule has 1 aliphatic rings. The Morgan fingerprint density at radius 3 is 2.49 bits per heavy atom. The monoisotopic (exact) mass is 678 g/mol. The van der Waals surface area contributed by atoms with E-state index in [1.807, 2.05) is 32.8 Å². The van der Waals surface area contributed by atoms with E-state index < -0.39 is 38.6 Å². The topological polar surface area (TPSA) is 144 Å². The van der Waals surface area contributed by atoms with E-state index in [2.05, 4.69) is 15.7 Å². The molecule has 0 saturated heterocycles. The lowest BCUT2D eigenvalue weighted by molar-refractivity contribution is 0.102. The molecular formula is C31H40F2N6O7S. The molecule has 13 nitrogen and oxygen atoms in total. The van der Waals surface area contributed by atoms with E-state index in [0.717, 1.165) is 21.1 Å². The first-order chi connectivity index (χ1) is 22.3. The number of nitrogens with zero attached hydrogens (tertiary/aromatic N) is 4. The van der Waals surface area contributed by atoms with Crippen LogP contribution < -0.4 is 15.4 Å². The van der Waals surface area contributed by atoms with Crippen molar-refractivity contribution in [2.45, 2.75) is 44.2 Å². The summed E-state index contributed by atoms with van der Waals surface area (Å²) in [5, 5.41) is 10.3. The highest BCUT2D eigenvalue weighted by Gasteiger charge is 2.35. The van der Waals surface area contributed by atoms with Gasteiger partial charge in [0.1, 0.15) is 24.0 Å². The summed E-state index contributed by atoms with van der Waals surface area (Å²) in [6.45, 7) is 4.83. The van der Waals surface area contributed by atoms with E-state index in [1.54, 1.807) is 25.3 Å². The predicted octanol–water partition coefficient (Wildman–Crippen LogP) is 3.94. The molecule has 1 atom stereocenters. The minimum absolute atomic E-state index is 0.0107. The third-order valence-electron chi connectivity index (χ3n) is 7.19. The second-order valence-electron chi connectivity index (χ2n) is 11.3. The maximum absolute atomic E-state index is 13.9. The number of carbonyl (C=O) groups excluding carboxylic acids is 2. The number of hydrogen-bond donors (Lipinski definition) is 2. The van der Waals surface area contributed by atoms with Crippen LogP contribution in [0.2, 0.25) is 0 Å².